The van der Waals surface area contributed by atoms with E-state index in [4.69, 9.17) is 14.2 Å². The van der Waals surface area contributed by atoms with E-state index in [1.54, 1.807) is 0 Å². The van der Waals surface area contributed by atoms with Crippen molar-refractivity contribution in [3.05, 3.63) is 59.7 Å². The van der Waals surface area contributed by atoms with Crippen LogP contribution in [-0.2, 0) is 19.0 Å². The Morgan fingerprint density at radius 1 is 1.00 bits per heavy atom. The van der Waals surface area contributed by atoms with Crippen LogP contribution in [0.4, 0.5) is 4.79 Å². The fourth-order valence-corrected chi connectivity index (χ4v) is 4.30. The highest BCUT2D eigenvalue weighted by atomic mass is 16.7. The highest BCUT2D eigenvalue weighted by Gasteiger charge is 2.47. The molecular weight excluding hydrogens is 362 g/mol. The van der Waals surface area contributed by atoms with Crippen LogP contribution in [0, 0.1) is 0 Å². The first-order valence-corrected chi connectivity index (χ1v) is 9.25. The van der Waals surface area contributed by atoms with Gasteiger partial charge in [0.15, 0.2) is 12.4 Å². The van der Waals surface area contributed by atoms with Crippen LogP contribution in [0.5, 0.6) is 0 Å². The summed E-state index contributed by atoms with van der Waals surface area (Å²) < 4.78 is 16.4. The second kappa shape index (κ2) is 6.61. The molecule has 2 fully saturated rings. The van der Waals surface area contributed by atoms with Gasteiger partial charge in [0.05, 0.1) is 13.1 Å². The molecular formula is C21H19NO6. The van der Waals surface area contributed by atoms with E-state index in [9.17, 15) is 14.7 Å². The number of carboxylic acid groups (broad SMARTS) is 1. The molecule has 3 atom stereocenters. The number of benzene rings is 2. The number of fused-ring (bicyclic) bond motifs is 5. The van der Waals surface area contributed by atoms with Gasteiger partial charge in [0.25, 0.3) is 0 Å². The predicted molar refractivity (Wildman–Crippen MR) is 97.8 cm³/mol. The Morgan fingerprint density at radius 2 is 1.64 bits per heavy atom. The third kappa shape index (κ3) is 2.75. The van der Waals surface area contributed by atoms with Gasteiger partial charge in [0.2, 0.25) is 0 Å². The van der Waals surface area contributed by atoms with Crippen LogP contribution < -0.4 is 0 Å². The lowest BCUT2D eigenvalue weighted by molar-refractivity contribution is -0.150. The molecule has 0 unspecified atom stereocenters. The Morgan fingerprint density at radius 3 is 2.29 bits per heavy atom. The standard InChI is InChI=1S/C21H19NO6/c23-20(24)19-17-9-22(10-18(27-17)28-19)21(25)26-11-16-14-7-3-1-5-12(14)13-6-2-4-8-15(13)16/h1-8,16-19H,9-11H2,(H,23,24)/t17-,18-,19-/m0/s1. The number of rotatable bonds is 3. The monoisotopic (exact) mass is 381 g/mol. The summed E-state index contributed by atoms with van der Waals surface area (Å²) in [7, 11) is 0. The van der Waals surface area contributed by atoms with Crippen LogP contribution in [0.15, 0.2) is 48.5 Å². The van der Waals surface area contributed by atoms with Gasteiger partial charge in [-0.1, -0.05) is 48.5 Å². The number of carboxylic acids is 1. The summed E-state index contributed by atoms with van der Waals surface area (Å²) in [5.74, 6) is -1.10. The number of hydrogen-bond acceptors (Lipinski definition) is 5. The van der Waals surface area contributed by atoms with Crippen LogP contribution in [0.3, 0.4) is 0 Å². The molecule has 3 aliphatic rings. The van der Waals surface area contributed by atoms with E-state index in [0.29, 0.717) is 0 Å². The van der Waals surface area contributed by atoms with Gasteiger partial charge in [0.1, 0.15) is 12.7 Å². The summed E-state index contributed by atoms with van der Waals surface area (Å²) >= 11 is 0. The van der Waals surface area contributed by atoms with Crippen molar-refractivity contribution in [2.45, 2.75) is 24.4 Å². The number of nitrogens with zero attached hydrogens (tertiary/aromatic N) is 1. The molecule has 2 saturated heterocycles. The first kappa shape index (κ1) is 17.2. The van der Waals surface area contributed by atoms with Gasteiger partial charge < -0.3 is 24.2 Å². The fraction of sp³-hybridized carbons (Fsp3) is 0.333. The first-order valence-electron chi connectivity index (χ1n) is 9.25. The van der Waals surface area contributed by atoms with E-state index >= 15 is 0 Å². The lowest BCUT2D eigenvalue weighted by Gasteiger charge is -2.30. The van der Waals surface area contributed by atoms with E-state index in [-0.39, 0.29) is 25.6 Å². The number of amides is 1. The van der Waals surface area contributed by atoms with E-state index in [1.165, 1.54) is 16.0 Å². The molecule has 7 heteroatoms. The molecule has 2 heterocycles. The van der Waals surface area contributed by atoms with E-state index in [0.717, 1.165) is 11.1 Å². The van der Waals surface area contributed by atoms with Gasteiger partial charge in [0, 0.05) is 5.92 Å². The van der Waals surface area contributed by atoms with Gasteiger partial charge in [-0.05, 0) is 22.3 Å². The summed E-state index contributed by atoms with van der Waals surface area (Å²) in [5, 5.41) is 9.18. The number of carbonyl (C=O) groups excluding carboxylic acids is 1. The molecule has 2 aromatic carbocycles. The Labute approximate surface area is 161 Å². The molecule has 1 N–H and O–H groups in total. The lowest BCUT2D eigenvalue weighted by Crippen LogP contribution is -2.48. The van der Waals surface area contributed by atoms with Crippen LogP contribution in [0.2, 0.25) is 0 Å². The zero-order valence-electron chi connectivity index (χ0n) is 15.0. The largest absolute Gasteiger partial charge is 0.479 e. The highest BCUT2D eigenvalue weighted by Crippen LogP contribution is 2.44. The lowest BCUT2D eigenvalue weighted by atomic mass is 9.98. The number of ether oxygens (including phenoxy) is 3. The minimum absolute atomic E-state index is 0.0165. The van der Waals surface area contributed by atoms with Crippen molar-refractivity contribution in [2.24, 2.45) is 0 Å². The summed E-state index contributed by atoms with van der Waals surface area (Å²) in [4.78, 5) is 25.3. The maximum Gasteiger partial charge on any atom is 0.410 e. The minimum Gasteiger partial charge on any atom is -0.479 e. The first-order chi connectivity index (χ1) is 13.6. The zero-order valence-corrected chi connectivity index (χ0v) is 15.0. The molecule has 1 amide bonds. The highest BCUT2D eigenvalue weighted by molar-refractivity contribution is 5.79. The summed E-state index contributed by atoms with van der Waals surface area (Å²) in [6, 6.07) is 16.3. The van der Waals surface area contributed by atoms with Gasteiger partial charge in [-0.15, -0.1) is 0 Å². The van der Waals surface area contributed by atoms with Crippen molar-refractivity contribution < 1.29 is 28.9 Å². The third-order valence-corrected chi connectivity index (χ3v) is 5.57. The number of morpholine rings is 1. The summed E-state index contributed by atoms with van der Waals surface area (Å²) in [6.45, 7) is 0.532. The Hall–Kier alpha value is -2.90. The normalized spacial score (nSPS) is 25.3. The Bertz CT molecular complexity index is 898. The van der Waals surface area contributed by atoms with Crippen molar-refractivity contribution in [3.8, 4) is 11.1 Å². The van der Waals surface area contributed by atoms with Crippen LogP contribution >= 0.6 is 0 Å². The van der Waals surface area contributed by atoms with Crippen molar-refractivity contribution >= 4 is 12.1 Å². The topological polar surface area (TPSA) is 85.3 Å². The minimum atomic E-state index is -1.08. The molecule has 0 aromatic heterocycles. The third-order valence-electron chi connectivity index (χ3n) is 5.57. The van der Waals surface area contributed by atoms with Gasteiger partial charge in [-0.3, -0.25) is 0 Å². The molecule has 1 aliphatic carbocycles. The predicted octanol–water partition coefficient (Wildman–Crippen LogP) is 2.45. The van der Waals surface area contributed by atoms with E-state index < -0.39 is 30.6 Å². The molecule has 2 aromatic rings. The summed E-state index contributed by atoms with van der Waals surface area (Å²) in [6.07, 6.45) is -2.91. The second-order valence-corrected chi connectivity index (χ2v) is 7.21. The maximum absolute atomic E-state index is 12.6. The van der Waals surface area contributed by atoms with Crippen molar-refractivity contribution in [2.75, 3.05) is 19.7 Å². The second-order valence-electron chi connectivity index (χ2n) is 7.21. The van der Waals surface area contributed by atoms with Crippen LogP contribution in [0.1, 0.15) is 17.0 Å². The van der Waals surface area contributed by atoms with Gasteiger partial charge in [-0.25, -0.2) is 9.59 Å². The number of hydrogen-bond donors (Lipinski definition) is 1. The van der Waals surface area contributed by atoms with E-state index in [2.05, 4.69) is 24.3 Å². The van der Waals surface area contributed by atoms with Crippen molar-refractivity contribution in [1.29, 1.82) is 0 Å². The van der Waals surface area contributed by atoms with Gasteiger partial charge >= 0.3 is 12.1 Å². The molecule has 144 valence electrons. The zero-order chi connectivity index (χ0) is 19.3. The molecule has 0 radical (unpaired) electrons. The molecule has 2 aliphatic heterocycles. The molecule has 7 nitrogen and oxygen atoms in total. The van der Waals surface area contributed by atoms with Gasteiger partial charge in [-0.2, -0.15) is 0 Å². The average molecular weight is 381 g/mol. The van der Waals surface area contributed by atoms with E-state index in [1.807, 2.05) is 24.3 Å². The van der Waals surface area contributed by atoms with Crippen LogP contribution in [-0.4, -0.2) is 60.3 Å². The SMILES string of the molecule is O=C(O)[C@H]1O[C@H]2CN(C(=O)OCC3c4ccccc4-c4ccccc43)C[C@@H]1O2. The number of aliphatic carboxylic acids is 1. The molecule has 28 heavy (non-hydrogen) atoms. The van der Waals surface area contributed by atoms with Crippen molar-refractivity contribution in [3.63, 3.8) is 0 Å². The molecule has 2 bridgehead atoms. The molecule has 0 spiro atoms. The maximum atomic E-state index is 12.6. The van der Waals surface area contributed by atoms with Crippen molar-refractivity contribution in [1.82, 2.24) is 4.90 Å². The quantitative estimate of drug-likeness (QED) is 0.879. The fourth-order valence-electron chi connectivity index (χ4n) is 4.30. The smallest absolute Gasteiger partial charge is 0.410 e. The average Bonchev–Trinajstić information content (AvgIpc) is 3.20. The summed E-state index contributed by atoms with van der Waals surface area (Å²) in [5.41, 5.74) is 4.63. The molecule has 5 rings (SSSR count). The number of carbonyl (C=O) groups is 2. The Balaban J connectivity index is 1.30. The van der Waals surface area contributed by atoms with Crippen LogP contribution in [0.25, 0.3) is 11.1 Å². The molecule has 0 saturated carbocycles. The Kier molecular flexibility index (Phi) is 4.07.